The first-order valence-corrected chi connectivity index (χ1v) is 7.80. The van der Waals surface area contributed by atoms with Crippen LogP contribution in [0.4, 0.5) is 0 Å². The second kappa shape index (κ2) is 5.33. The number of aliphatic imine (C=N–C) groups is 1. The number of carbonyl (C=O) groups excluding carboxylic acids is 1. The zero-order valence-electron chi connectivity index (χ0n) is 10.8. The number of amides is 1. The lowest BCUT2D eigenvalue weighted by atomic mass is 10.1. The molecule has 0 bridgehead atoms. The van der Waals surface area contributed by atoms with Crippen LogP contribution in [0.15, 0.2) is 37.5 Å². The van der Waals surface area contributed by atoms with Gasteiger partial charge in [0.25, 0.3) is 5.91 Å². The Hall–Kier alpha value is -1.14. The van der Waals surface area contributed by atoms with Crippen molar-refractivity contribution < 1.29 is 9.53 Å². The fourth-order valence-electron chi connectivity index (χ4n) is 2.24. The molecule has 0 aromatic heterocycles. The standard InChI is InChI=1S/C14H12Br2N2O2/c1-8-10(15)4-9(5-11(8)16)14(19)18-2-3-20-13-7-17-6-12(13)18/h4-5,7H,2-3,6H2,1H3. The molecule has 0 unspecified atom stereocenters. The molecule has 0 saturated carbocycles. The number of ether oxygens (including phenoxy) is 1. The van der Waals surface area contributed by atoms with Gasteiger partial charge in [-0.25, -0.2) is 0 Å². The summed E-state index contributed by atoms with van der Waals surface area (Å²) < 4.78 is 7.34. The van der Waals surface area contributed by atoms with Crippen LogP contribution in [0.1, 0.15) is 15.9 Å². The number of rotatable bonds is 1. The highest BCUT2D eigenvalue weighted by molar-refractivity contribution is 9.11. The molecule has 3 rings (SSSR count). The van der Waals surface area contributed by atoms with Gasteiger partial charge in [0.05, 0.1) is 25.0 Å². The van der Waals surface area contributed by atoms with E-state index >= 15 is 0 Å². The van der Waals surface area contributed by atoms with Crippen LogP contribution in [0.5, 0.6) is 0 Å². The molecule has 1 aromatic rings. The minimum Gasteiger partial charge on any atom is -0.488 e. The molecule has 2 heterocycles. The Morgan fingerprint density at radius 2 is 2.05 bits per heavy atom. The van der Waals surface area contributed by atoms with Crippen molar-refractivity contribution in [1.82, 2.24) is 4.90 Å². The van der Waals surface area contributed by atoms with Crippen molar-refractivity contribution >= 4 is 44.0 Å². The van der Waals surface area contributed by atoms with Crippen LogP contribution < -0.4 is 0 Å². The van der Waals surface area contributed by atoms with E-state index in [-0.39, 0.29) is 5.91 Å². The Balaban J connectivity index is 1.95. The molecule has 0 aliphatic carbocycles. The smallest absolute Gasteiger partial charge is 0.258 e. The van der Waals surface area contributed by atoms with Gasteiger partial charge in [-0.05, 0) is 24.6 Å². The van der Waals surface area contributed by atoms with E-state index in [4.69, 9.17) is 4.74 Å². The third-order valence-corrected chi connectivity index (χ3v) is 5.05. The number of halogens is 2. The summed E-state index contributed by atoms with van der Waals surface area (Å²) in [7, 11) is 0. The summed E-state index contributed by atoms with van der Waals surface area (Å²) in [6, 6.07) is 3.71. The maximum absolute atomic E-state index is 12.7. The molecule has 4 nitrogen and oxygen atoms in total. The number of hydrogen-bond donors (Lipinski definition) is 0. The molecule has 0 fully saturated rings. The number of allylic oxidation sites excluding steroid dienone is 1. The van der Waals surface area contributed by atoms with Gasteiger partial charge in [-0.15, -0.1) is 0 Å². The Labute approximate surface area is 133 Å². The van der Waals surface area contributed by atoms with Crippen LogP contribution in [0.25, 0.3) is 0 Å². The second-order valence-corrected chi connectivity index (χ2v) is 6.36. The van der Waals surface area contributed by atoms with Crippen LogP contribution in [-0.2, 0) is 4.74 Å². The zero-order chi connectivity index (χ0) is 14.3. The Morgan fingerprint density at radius 1 is 1.35 bits per heavy atom. The molecule has 6 heteroatoms. The molecule has 2 aliphatic heterocycles. The van der Waals surface area contributed by atoms with Gasteiger partial charge in [-0.3, -0.25) is 9.79 Å². The van der Waals surface area contributed by atoms with Crippen molar-refractivity contribution in [2.45, 2.75) is 6.92 Å². The van der Waals surface area contributed by atoms with E-state index in [0.29, 0.717) is 25.3 Å². The SMILES string of the molecule is Cc1c(Br)cc(C(=O)N2CCOC3=C2CN=C3)cc1Br. The van der Waals surface area contributed by atoms with Gasteiger partial charge in [0.1, 0.15) is 6.61 Å². The molecule has 0 saturated heterocycles. The first-order chi connectivity index (χ1) is 9.58. The highest BCUT2D eigenvalue weighted by atomic mass is 79.9. The molecular weight excluding hydrogens is 388 g/mol. The van der Waals surface area contributed by atoms with Gasteiger partial charge in [-0.1, -0.05) is 31.9 Å². The average Bonchev–Trinajstić information content (AvgIpc) is 2.91. The maximum atomic E-state index is 12.7. The van der Waals surface area contributed by atoms with Crippen LogP contribution in [0.3, 0.4) is 0 Å². The normalized spacial score (nSPS) is 17.2. The molecule has 1 amide bonds. The Morgan fingerprint density at radius 3 is 2.75 bits per heavy atom. The van der Waals surface area contributed by atoms with E-state index in [1.807, 2.05) is 19.1 Å². The lowest BCUT2D eigenvalue weighted by molar-refractivity contribution is 0.0705. The molecule has 0 N–H and O–H groups in total. The zero-order valence-corrected chi connectivity index (χ0v) is 14.0. The minimum absolute atomic E-state index is 0.0206. The first kappa shape index (κ1) is 13.8. The lowest BCUT2D eigenvalue weighted by Gasteiger charge is -2.28. The van der Waals surface area contributed by atoms with Crippen LogP contribution in [0.2, 0.25) is 0 Å². The number of carbonyl (C=O) groups is 1. The van der Waals surface area contributed by atoms with Gasteiger partial charge >= 0.3 is 0 Å². The fraction of sp³-hybridized carbons (Fsp3) is 0.286. The van der Waals surface area contributed by atoms with Crippen LogP contribution in [0, 0.1) is 6.92 Å². The minimum atomic E-state index is -0.0206. The summed E-state index contributed by atoms with van der Waals surface area (Å²) in [5.41, 5.74) is 2.58. The fourth-order valence-corrected chi connectivity index (χ4v) is 3.42. The Bertz CT molecular complexity index is 630. The largest absolute Gasteiger partial charge is 0.488 e. The van der Waals surface area contributed by atoms with E-state index in [1.54, 1.807) is 11.1 Å². The van der Waals surface area contributed by atoms with Gasteiger partial charge in [0.2, 0.25) is 0 Å². The van der Waals surface area contributed by atoms with E-state index in [0.717, 1.165) is 26.0 Å². The first-order valence-electron chi connectivity index (χ1n) is 6.21. The summed E-state index contributed by atoms with van der Waals surface area (Å²) in [5, 5.41) is 0. The van der Waals surface area contributed by atoms with Gasteiger partial charge in [-0.2, -0.15) is 0 Å². The van der Waals surface area contributed by atoms with E-state index in [2.05, 4.69) is 36.9 Å². The molecule has 0 radical (unpaired) electrons. The number of hydrogen-bond acceptors (Lipinski definition) is 3. The van der Waals surface area contributed by atoms with Crippen molar-refractivity contribution in [2.75, 3.05) is 19.7 Å². The third kappa shape index (κ3) is 2.31. The average molecular weight is 400 g/mol. The molecular formula is C14H12Br2N2O2. The second-order valence-electron chi connectivity index (χ2n) is 4.65. The van der Waals surface area contributed by atoms with Crippen molar-refractivity contribution in [3.05, 3.63) is 43.7 Å². The highest BCUT2D eigenvalue weighted by Crippen LogP contribution is 2.29. The summed E-state index contributed by atoms with van der Waals surface area (Å²) in [6.45, 7) is 3.56. The quantitative estimate of drug-likeness (QED) is 0.727. The lowest BCUT2D eigenvalue weighted by Crippen LogP contribution is -2.37. The summed E-state index contributed by atoms with van der Waals surface area (Å²) >= 11 is 6.97. The molecule has 1 aromatic carbocycles. The Kier molecular flexibility index (Phi) is 3.69. The van der Waals surface area contributed by atoms with Gasteiger partial charge in [0, 0.05) is 14.5 Å². The predicted octanol–water partition coefficient (Wildman–Crippen LogP) is 3.29. The highest BCUT2D eigenvalue weighted by Gasteiger charge is 2.29. The van der Waals surface area contributed by atoms with Crippen molar-refractivity contribution in [2.24, 2.45) is 4.99 Å². The molecule has 0 spiro atoms. The van der Waals surface area contributed by atoms with E-state index in [9.17, 15) is 4.79 Å². The van der Waals surface area contributed by atoms with Crippen LogP contribution >= 0.6 is 31.9 Å². The molecule has 104 valence electrons. The summed E-state index contributed by atoms with van der Waals surface area (Å²) in [4.78, 5) is 18.6. The van der Waals surface area contributed by atoms with Gasteiger partial charge in [0.15, 0.2) is 5.76 Å². The van der Waals surface area contributed by atoms with Crippen molar-refractivity contribution in [1.29, 1.82) is 0 Å². The van der Waals surface area contributed by atoms with Crippen molar-refractivity contribution in [3.8, 4) is 0 Å². The monoisotopic (exact) mass is 398 g/mol. The van der Waals surface area contributed by atoms with E-state index in [1.165, 1.54) is 0 Å². The van der Waals surface area contributed by atoms with Crippen LogP contribution in [-0.4, -0.2) is 36.7 Å². The van der Waals surface area contributed by atoms with E-state index < -0.39 is 0 Å². The topological polar surface area (TPSA) is 41.9 Å². The van der Waals surface area contributed by atoms with Gasteiger partial charge < -0.3 is 9.64 Å². The maximum Gasteiger partial charge on any atom is 0.258 e. The summed E-state index contributed by atoms with van der Waals surface area (Å²) in [5.74, 6) is 0.697. The number of benzene rings is 1. The van der Waals surface area contributed by atoms with Crippen molar-refractivity contribution in [3.63, 3.8) is 0 Å². The molecule has 0 atom stereocenters. The summed E-state index contributed by atoms with van der Waals surface area (Å²) in [6.07, 6.45) is 1.69. The third-order valence-electron chi connectivity index (χ3n) is 3.41. The predicted molar refractivity (Wildman–Crippen MR) is 84.0 cm³/mol. The molecule has 2 aliphatic rings. The molecule has 20 heavy (non-hydrogen) atoms. The number of nitrogens with zero attached hydrogens (tertiary/aromatic N) is 2.